The lowest BCUT2D eigenvalue weighted by atomic mass is 10.0. The van der Waals surface area contributed by atoms with E-state index in [1.807, 2.05) is 6.07 Å². The SMILES string of the molecule is CCNc1cc(NCC2CCCCN2C)ncn1. The van der Waals surface area contributed by atoms with Gasteiger partial charge in [0, 0.05) is 25.2 Å². The number of likely N-dealkylation sites (tertiary alicyclic amines) is 1. The first-order valence-corrected chi connectivity index (χ1v) is 6.79. The monoisotopic (exact) mass is 249 g/mol. The fourth-order valence-electron chi connectivity index (χ4n) is 2.36. The molecule has 1 fully saturated rings. The molecule has 2 N–H and O–H groups in total. The molecule has 0 radical (unpaired) electrons. The number of hydrogen-bond donors (Lipinski definition) is 2. The van der Waals surface area contributed by atoms with Gasteiger partial charge in [-0.1, -0.05) is 6.42 Å². The predicted octanol–water partition coefficient (Wildman–Crippen LogP) is 1.80. The highest BCUT2D eigenvalue weighted by Crippen LogP contribution is 2.16. The first kappa shape index (κ1) is 13.1. The molecular weight excluding hydrogens is 226 g/mol. The van der Waals surface area contributed by atoms with Crippen molar-refractivity contribution in [3.8, 4) is 0 Å². The van der Waals surface area contributed by atoms with Crippen molar-refractivity contribution in [2.24, 2.45) is 0 Å². The lowest BCUT2D eigenvalue weighted by molar-refractivity contribution is 0.194. The van der Waals surface area contributed by atoms with Crippen LogP contribution in [0.15, 0.2) is 12.4 Å². The number of piperidine rings is 1. The Morgan fingerprint density at radius 3 is 2.78 bits per heavy atom. The average Bonchev–Trinajstić information content (AvgIpc) is 2.39. The molecule has 2 rings (SSSR count). The second-order valence-electron chi connectivity index (χ2n) is 4.83. The van der Waals surface area contributed by atoms with Crippen molar-refractivity contribution < 1.29 is 0 Å². The van der Waals surface area contributed by atoms with E-state index in [1.165, 1.54) is 25.8 Å². The Balaban J connectivity index is 1.87. The van der Waals surface area contributed by atoms with Crippen molar-refractivity contribution in [2.75, 3.05) is 37.3 Å². The van der Waals surface area contributed by atoms with Crippen LogP contribution in [0.3, 0.4) is 0 Å². The van der Waals surface area contributed by atoms with Crippen LogP contribution < -0.4 is 10.6 Å². The molecule has 100 valence electrons. The van der Waals surface area contributed by atoms with Crippen LogP contribution in [-0.4, -0.2) is 47.6 Å². The minimum absolute atomic E-state index is 0.622. The Kier molecular flexibility index (Phi) is 4.75. The van der Waals surface area contributed by atoms with Gasteiger partial charge in [0.25, 0.3) is 0 Å². The third-order valence-corrected chi connectivity index (χ3v) is 3.47. The summed E-state index contributed by atoms with van der Waals surface area (Å²) in [5.41, 5.74) is 0. The molecule has 1 aromatic rings. The minimum atomic E-state index is 0.622. The van der Waals surface area contributed by atoms with Gasteiger partial charge in [-0.05, 0) is 33.4 Å². The Morgan fingerprint density at radius 2 is 2.06 bits per heavy atom. The summed E-state index contributed by atoms with van der Waals surface area (Å²) in [5.74, 6) is 1.78. The zero-order chi connectivity index (χ0) is 12.8. The van der Waals surface area contributed by atoms with Gasteiger partial charge in [-0.3, -0.25) is 0 Å². The summed E-state index contributed by atoms with van der Waals surface area (Å²) in [7, 11) is 2.20. The highest BCUT2D eigenvalue weighted by Gasteiger charge is 2.18. The van der Waals surface area contributed by atoms with Crippen LogP contribution in [0.5, 0.6) is 0 Å². The summed E-state index contributed by atoms with van der Waals surface area (Å²) < 4.78 is 0. The van der Waals surface area contributed by atoms with Crippen molar-refractivity contribution in [3.63, 3.8) is 0 Å². The summed E-state index contributed by atoms with van der Waals surface area (Å²) in [6.45, 7) is 5.10. The van der Waals surface area contributed by atoms with Crippen molar-refractivity contribution in [1.82, 2.24) is 14.9 Å². The van der Waals surface area contributed by atoms with Crippen molar-refractivity contribution in [1.29, 1.82) is 0 Å². The Bertz CT molecular complexity index is 368. The van der Waals surface area contributed by atoms with E-state index in [-0.39, 0.29) is 0 Å². The Morgan fingerprint density at radius 1 is 1.28 bits per heavy atom. The molecule has 2 heterocycles. The van der Waals surface area contributed by atoms with E-state index in [2.05, 4.69) is 39.5 Å². The van der Waals surface area contributed by atoms with E-state index < -0.39 is 0 Å². The second-order valence-corrected chi connectivity index (χ2v) is 4.83. The van der Waals surface area contributed by atoms with Gasteiger partial charge in [0.15, 0.2) is 0 Å². The molecule has 1 aliphatic rings. The van der Waals surface area contributed by atoms with Crippen LogP contribution >= 0.6 is 0 Å². The molecule has 0 bridgehead atoms. The lowest BCUT2D eigenvalue weighted by Crippen LogP contribution is -2.40. The molecule has 0 saturated carbocycles. The van der Waals surface area contributed by atoms with Crippen LogP contribution in [0.4, 0.5) is 11.6 Å². The van der Waals surface area contributed by atoms with Gasteiger partial charge in [-0.2, -0.15) is 0 Å². The summed E-state index contributed by atoms with van der Waals surface area (Å²) in [4.78, 5) is 10.8. The third kappa shape index (κ3) is 3.57. The molecule has 0 aliphatic carbocycles. The van der Waals surface area contributed by atoms with Crippen LogP contribution in [0.1, 0.15) is 26.2 Å². The van der Waals surface area contributed by atoms with Gasteiger partial charge in [0.1, 0.15) is 18.0 Å². The molecule has 1 aromatic heterocycles. The van der Waals surface area contributed by atoms with Gasteiger partial charge in [0.2, 0.25) is 0 Å². The average molecular weight is 249 g/mol. The summed E-state index contributed by atoms with van der Waals surface area (Å²) >= 11 is 0. The number of nitrogens with zero attached hydrogens (tertiary/aromatic N) is 3. The maximum absolute atomic E-state index is 4.25. The number of nitrogens with one attached hydrogen (secondary N) is 2. The number of hydrogen-bond acceptors (Lipinski definition) is 5. The summed E-state index contributed by atoms with van der Waals surface area (Å²) in [6.07, 6.45) is 5.54. The molecule has 0 amide bonds. The van der Waals surface area contributed by atoms with Gasteiger partial charge in [0.05, 0.1) is 0 Å². The van der Waals surface area contributed by atoms with Gasteiger partial charge >= 0.3 is 0 Å². The molecule has 0 spiro atoms. The van der Waals surface area contributed by atoms with Crippen molar-refractivity contribution in [3.05, 3.63) is 12.4 Å². The first-order valence-electron chi connectivity index (χ1n) is 6.79. The lowest BCUT2D eigenvalue weighted by Gasteiger charge is -2.32. The predicted molar refractivity (Wildman–Crippen MR) is 75.0 cm³/mol. The molecule has 18 heavy (non-hydrogen) atoms. The quantitative estimate of drug-likeness (QED) is 0.833. The molecule has 1 unspecified atom stereocenters. The maximum atomic E-state index is 4.25. The molecule has 5 heteroatoms. The van der Waals surface area contributed by atoms with E-state index in [4.69, 9.17) is 0 Å². The van der Waals surface area contributed by atoms with E-state index in [0.29, 0.717) is 6.04 Å². The van der Waals surface area contributed by atoms with Crippen LogP contribution in [-0.2, 0) is 0 Å². The number of aromatic nitrogens is 2. The summed E-state index contributed by atoms with van der Waals surface area (Å²) in [5, 5.41) is 6.60. The fourth-order valence-corrected chi connectivity index (χ4v) is 2.36. The first-order chi connectivity index (χ1) is 8.79. The van der Waals surface area contributed by atoms with Crippen molar-refractivity contribution in [2.45, 2.75) is 32.2 Å². The molecule has 1 aliphatic heterocycles. The molecule has 5 nitrogen and oxygen atoms in total. The van der Waals surface area contributed by atoms with Gasteiger partial charge in [-0.25, -0.2) is 9.97 Å². The molecular formula is C13H23N5. The molecule has 1 saturated heterocycles. The van der Waals surface area contributed by atoms with Crippen LogP contribution in [0.2, 0.25) is 0 Å². The van der Waals surface area contributed by atoms with Gasteiger partial charge in [-0.15, -0.1) is 0 Å². The zero-order valence-electron chi connectivity index (χ0n) is 11.3. The number of likely N-dealkylation sites (N-methyl/N-ethyl adjacent to an activating group) is 1. The zero-order valence-corrected chi connectivity index (χ0v) is 11.3. The van der Waals surface area contributed by atoms with E-state index in [1.54, 1.807) is 6.33 Å². The van der Waals surface area contributed by atoms with Crippen LogP contribution in [0, 0.1) is 0 Å². The van der Waals surface area contributed by atoms with E-state index in [9.17, 15) is 0 Å². The third-order valence-electron chi connectivity index (χ3n) is 3.47. The minimum Gasteiger partial charge on any atom is -0.370 e. The fraction of sp³-hybridized carbons (Fsp3) is 0.692. The number of anilines is 2. The van der Waals surface area contributed by atoms with Gasteiger partial charge < -0.3 is 15.5 Å². The number of rotatable bonds is 5. The Hall–Kier alpha value is -1.36. The summed E-state index contributed by atoms with van der Waals surface area (Å²) in [6, 6.07) is 2.59. The Labute approximate surface area is 109 Å². The second kappa shape index (κ2) is 6.54. The maximum Gasteiger partial charge on any atom is 0.131 e. The van der Waals surface area contributed by atoms with E-state index in [0.717, 1.165) is 24.7 Å². The molecule has 1 atom stereocenters. The normalized spacial score (nSPS) is 20.7. The molecule has 0 aromatic carbocycles. The highest BCUT2D eigenvalue weighted by atomic mass is 15.2. The van der Waals surface area contributed by atoms with Crippen LogP contribution in [0.25, 0.3) is 0 Å². The van der Waals surface area contributed by atoms with Crippen molar-refractivity contribution >= 4 is 11.6 Å². The standard InChI is InChI=1S/C13H23N5/c1-3-14-12-8-13(17-10-16-12)15-9-11-6-4-5-7-18(11)2/h8,10-11H,3-7,9H2,1-2H3,(H2,14,15,16,17). The topological polar surface area (TPSA) is 53.1 Å². The highest BCUT2D eigenvalue weighted by molar-refractivity contribution is 5.46. The smallest absolute Gasteiger partial charge is 0.131 e. The van der Waals surface area contributed by atoms with E-state index >= 15 is 0 Å². The largest absolute Gasteiger partial charge is 0.370 e.